The molecule has 1 N–H and O–H groups in total. The van der Waals surface area contributed by atoms with E-state index in [-0.39, 0.29) is 12.2 Å². The van der Waals surface area contributed by atoms with Crippen LogP contribution in [-0.2, 0) is 13.5 Å². The summed E-state index contributed by atoms with van der Waals surface area (Å²) in [5.74, 6) is -1.21. The summed E-state index contributed by atoms with van der Waals surface area (Å²) in [4.78, 5) is 13.7. The zero-order chi connectivity index (χ0) is 14.7. The molecule has 20 heavy (non-hydrogen) atoms. The molecule has 0 atom stereocenters. The number of hydrogen-bond donors (Lipinski definition) is 1. The second-order valence-electron chi connectivity index (χ2n) is 4.17. The third kappa shape index (κ3) is 2.90. The minimum atomic E-state index is -0.989. The number of benzene rings is 1. The quantitative estimate of drug-likeness (QED) is 0.674. The van der Waals surface area contributed by atoms with Crippen LogP contribution in [-0.4, -0.2) is 21.0 Å². The summed E-state index contributed by atoms with van der Waals surface area (Å²) in [6, 6.07) is 1.37. The largest absolute Gasteiger partial charge is 0.380 e. The molecule has 2 rings (SSSR count). The van der Waals surface area contributed by atoms with Gasteiger partial charge in [0.15, 0.2) is 11.6 Å². The van der Waals surface area contributed by atoms with Gasteiger partial charge in [0.05, 0.1) is 17.1 Å². The number of halogens is 2. The van der Waals surface area contributed by atoms with Gasteiger partial charge in [0.25, 0.3) is 5.69 Å². The molecule has 0 radical (unpaired) electrons. The molecule has 1 aromatic carbocycles. The average Bonchev–Trinajstić information content (AvgIpc) is 2.78. The Balaban J connectivity index is 2.06. The molecule has 0 aliphatic heterocycles. The van der Waals surface area contributed by atoms with Crippen molar-refractivity contribution in [3.8, 4) is 0 Å². The monoisotopic (exact) mass is 282 g/mol. The summed E-state index contributed by atoms with van der Waals surface area (Å²) in [7, 11) is 1.81. The summed E-state index contributed by atoms with van der Waals surface area (Å²) < 4.78 is 29.0. The van der Waals surface area contributed by atoms with Crippen LogP contribution in [0.15, 0.2) is 24.5 Å². The van der Waals surface area contributed by atoms with Crippen molar-refractivity contribution in [2.45, 2.75) is 6.42 Å². The molecule has 6 nitrogen and oxygen atoms in total. The molecule has 0 aliphatic rings. The first-order chi connectivity index (χ1) is 9.49. The predicted octanol–water partition coefficient (Wildman–Crippen LogP) is 2.26. The highest BCUT2D eigenvalue weighted by Crippen LogP contribution is 2.24. The van der Waals surface area contributed by atoms with E-state index in [1.807, 2.05) is 7.05 Å². The van der Waals surface area contributed by atoms with Crippen molar-refractivity contribution in [1.82, 2.24) is 9.55 Å². The normalized spacial score (nSPS) is 10.6. The van der Waals surface area contributed by atoms with Crippen molar-refractivity contribution in [2.24, 2.45) is 7.05 Å². The van der Waals surface area contributed by atoms with Crippen LogP contribution in [0.4, 0.5) is 20.2 Å². The van der Waals surface area contributed by atoms with E-state index < -0.39 is 22.2 Å². The Morgan fingerprint density at radius 1 is 1.40 bits per heavy atom. The Morgan fingerprint density at radius 2 is 2.05 bits per heavy atom. The molecule has 1 aromatic heterocycles. The topological polar surface area (TPSA) is 73.0 Å². The summed E-state index contributed by atoms with van der Waals surface area (Å²) in [5, 5.41) is 13.1. The van der Waals surface area contributed by atoms with Crippen molar-refractivity contribution < 1.29 is 13.7 Å². The highest BCUT2D eigenvalue weighted by molar-refractivity contribution is 5.51. The van der Waals surface area contributed by atoms with Crippen LogP contribution in [0.5, 0.6) is 0 Å². The number of nitro groups is 1. The van der Waals surface area contributed by atoms with E-state index in [1.54, 1.807) is 17.0 Å². The number of aryl methyl sites for hydroxylation is 1. The number of nitro benzene ring substituents is 1. The van der Waals surface area contributed by atoms with Gasteiger partial charge in [-0.15, -0.1) is 0 Å². The van der Waals surface area contributed by atoms with Crippen LogP contribution in [0.3, 0.4) is 0 Å². The maximum absolute atomic E-state index is 13.6. The lowest BCUT2D eigenvalue weighted by atomic mass is 10.2. The van der Waals surface area contributed by atoms with Crippen molar-refractivity contribution in [3.63, 3.8) is 0 Å². The first-order valence-electron chi connectivity index (χ1n) is 5.82. The van der Waals surface area contributed by atoms with E-state index in [2.05, 4.69) is 10.3 Å². The van der Waals surface area contributed by atoms with Gasteiger partial charge in [-0.2, -0.15) is 0 Å². The number of non-ortho nitro benzene ring substituents is 1. The van der Waals surface area contributed by atoms with Crippen molar-refractivity contribution in [2.75, 3.05) is 11.9 Å². The van der Waals surface area contributed by atoms with Gasteiger partial charge in [-0.05, 0) is 0 Å². The number of rotatable bonds is 5. The maximum atomic E-state index is 13.6. The molecule has 0 fully saturated rings. The third-order valence-electron chi connectivity index (χ3n) is 2.81. The van der Waals surface area contributed by atoms with Gasteiger partial charge >= 0.3 is 0 Å². The number of nitrogens with one attached hydrogen (secondary N) is 1. The summed E-state index contributed by atoms with van der Waals surface area (Å²) in [6.07, 6.45) is 3.87. The zero-order valence-corrected chi connectivity index (χ0v) is 10.6. The third-order valence-corrected chi connectivity index (χ3v) is 2.81. The van der Waals surface area contributed by atoms with Crippen molar-refractivity contribution in [3.05, 3.63) is 52.1 Å². The van der Waals surface area contributed by atoms with Crippen LogP contribution in [0.2, 0.25) is 0 Å². The number of aromatic nitrogens is 2. The van der Waals surface area contributed by atoms with Gasteiger partial charge in [-0.25, -0.2) is 13.8 Å². The van der Waals surface area contributed by atoms with Gasteiger partial charge in [0.1, 0.15) is 11.5 Å². The maximum Gasteiger partial charge on any atom is 0.275 e. The molecule has 0 bridgehead atoms. The SMILES string of the molecule is Cn1ccnc1CCNc1c(F)cc([N+](=O)[O-])cc1F. The highest BCUT2D eigenvalue weighted by atomic mass is 19.1. The van der Waals surface area contributed by atoms with E-state index >= 15 is 0 Å². The van der Waals surface area contributed by atoms with Gasteiger partial charge < -0.3 is 9.88 Å². The molecule has 0 saturated heterocycles. The average molecular weight is 282 g/mol. The van der Waals surface area contributed by atoms with Crippen LogP contribution >= 0.6 is 0 Å². The molecule has 8 heteroatoms. The summed E-state index contributed by atoms with van der Waals surface area (Å²) in [5.41, 5.74) is -0.987. The van der Waals surface area contributed by atoms with Crippen LogP contribution < -0.4 is 5.32 Å². The van der Waals surface area contributed by atoms with Crippen molar-refractivity contribution >= 4 is 11.4 Å². The minimum absolute atomic E-state index is 0.260. The smallest absolute Gasteiger partial charge is 0.275 e. The van der Waals surface area contributed by atoms with Crippen LogP contribution in [0.25, 0.3) is 0 Å². The molecular weight excluding hydrogens is 270 g/mol. The van der Waals surface area contributed by atoms with E-state index in [9.17, 15) is 18.9 Å². The van der Waals surface area contributed by atoms with Crippen LogP contribution in [0.1, 0.15) is 5.82 Å². The Morgan fingerprint density at radius 3 is 2.55 bits per heavy atom. The standard InChI is InChI=1S/C12H12F2N4O2/c1-17-5-4-15-11(17)2-3-16-12-9(13)6-8(18(19)20)7-10(12)14/h4-7,16H,2-3H2,1H3. The molecule has 1 heterocycles. The second kappa shape index (κ2) is 5.64. The number of nitrogens with zero attached hydrogens (tertiary/aromatic N) is 3. The molecule has 0 saturated carbocycles. The van der Waals surface area contributed by atoms with Crippen LogP contribution in [0, 0.1) is 21.7 Å². The summed E-state index contributed by atoms with van der Waals surface area (Å²) in [6.45, 7) is 0.260. The second-order valence-corrected chi connectivity index (χ2v) is 4.17. The lowest BCUT2D eigenvalue weighted by molar-refractivity contribution is -0.385. The fraction of sp³-hybridized carbons (Fsp3) is 0.250. The number of hydrogen-bond acceptors (Lipinski definition) is 4. The predicted molar refractivity (Wildman–Crippen MR) is 68.4 cm³/mol. The number of imidazole rings is 1. The molecular formula is C12H12F2N4O2. The van der Waals surface area contributed by atoms with Gasteiger partial charge in [0.2, 0.25) is 0 Å². The minimum Gasteiger partial charge on any atom is -0.380 e. The first kappa shape index (κ1) is 13.9. The molecule has 2 aromatic rings. The highest BCUT2D eigenvalue weighted by Gasteiger charge is 2.16. The van der Waals surface area contributed by atoms with E-state index in [0.29, 0.717) is 18.6 Å². The molecule has 0 amide bonds. The molecule has 0 spiro atoms. The van der Waals surface area contributed by atoms with Crippen molar-refractivity contribution in [1.29, 1.82) is 0 Å². The van der Waals surface area contributed by atoms with E-state index in [0.717, 1.165) is 5.82 Å². The summed E-state index contributed by atoms with van der Waals surface area (Å²) >= 11 is 0. The molecule has 0 unspecified atom stereocenters. The fourth-order valence-electron chi connectivity index (χ4n) is 1.77. The first-order valence-corrected chi connectivity index (χ1v) is 5.82. The number of anilines is 1. The lowest BCUT2D eigenvalue weighted by Gasteiger charge is -2.08. The fourth-order valence-corrected chi connectivity index (χ4v) is 1.77. The zero-order valence-electron chi connectivity index (χ0n) is 10.6. The molecule has 0 aliphatic carbocycles. The Labute approximate surface area is 113 Å². The lowest BCUT2D eigenvalue weighted by Crippen LogP contribution is -2.11. The Hall–Kier alpha value is -2.51. The molecule has 106 valence electrons. The van der Waals surface area contributed by atoms with Gasteiger partial charge in [-0.1, -0.05) is 0 Å². The van der Waals surface area contributed by atoms with Gasteiger partial charge in [-0.3, -0.25) is 10.1 Å². The Bertz CT molecular complexity index is 619. The van der Waals surface area contributed by atoms with Gasteiger partial charge in [0, 0.05) is 32.4 Å². The van der Waals surface area contributed by atoms with E-state index in [1.165, 1.54) is 0 Å². The Kier molecular flexibility index (Phi) is 3.92. The van der Waals surface area contributed by atoms with E-state index in [4.69, 9.17) is 0 Å².